The van der Waals surface area contributed by atoms with E-state index in [1.807, 2.05) is 12.1 Å². The third-order valence-corrected chi connectivity index (χ3v) is 2.79. The fourth-order valence-corrected chi connectivity index (χ4v) is 1.81. The third-order valence-electron chi connectivity index (χ3n) is 2.54. The molecular formula is C12H11ClN2O2. The molecule has 0 aliphatic heterocycles. The molecule has 0 amide bonds. The van der Waals surface area contributed by atoms with Crippen LogP contribution < -0.4 is 0 Å². The summed E-state index contributed by atoms with van der Waals surface area (Å²) in [5, 5.41) is 13.6. The van der Waals surface area contributed by atoms with Crippen molar-refractivity contribution in [3.8, 4) is 11.1 Å². The van der Waals surface area contributed by atoms with E-state index in [0.29, 0.717) is 10.7 Å². The molecule has 1 heterocycles. The van der Waals surface area contributed by atoms with Crippen molar-refractivity contribution in [2.75, 3.05) is 0 Å². The van der Waals surface area contributed by atoms with E-state index in [1.54, 1.807) is 30.1 Å². The lowest BCUT2D eigenvalue weighted by atomic mass is 10.1. The molecule has 17 heavy (non-hydrogen) atoms. The zero-order valence-corrected chi connectivity index (χ0v) is 9.98. The minimum Gasteiger partial charge on any atom is -0.481 e. The largest absolute Gasteiger partial charge is 0.481 e. The van der Waals surface area contributed by atoms with Gasteiger partial charge in [0.1, 0.15) is 0 Å². The van der Waals surface area contributed by atoms with E-state index >= 15 is 0 Å². The summed E-state index contributed by atoms with van der Waals surface area (Å²) in [4.78, 5) is 10.8. The van der Waals surface area contributed by atoms with E-state index in [4.69, 9.17) is 16.7 Å². The maximum atomic E-state index is 10.8. The van der Waals surface area contributed by atoms with Gasteiger partial charge >= 0.3 is 5.97 Å². The monoisotopic (exact) mass is 250 g/mol. The van der Waals surface area contributed by atoms with Crippen molar-refractivity contribution in [3.63, 3.8) is 0 Å². The van der Waals surface area contributed by atoms with Gasteiger partial charge in [-0.2, -0.15) is 5.10 Å². The number of hydrogen-bond acceptors (Lipinski definition) is 2. The van der Waals surface area contributed by atoms with E-state index < -0.39 is 5.97 Å². The predicted octanol–water partition coefficient (Wildman–Crippen LogP) is 2.37. The molecular weight excluding hydrogens is 240 g/mol. The molecule has 2 aromatic rings. The van der Waals surface area contributed by atoms with Crippen molar-refractivity contribution in [1.29, 1.82) is 0 Å². The third kappa shape index (κ3) is 2.47. The molecule has 0 atom stereocenters. The van der Waals surface area contributed by atoms with Gasteiger partial charge in [-0.15, -0.1) is 0 Å². The fraction of sp³-hybridized carbons (Fsp3) is 0.167. The van der Waals surface area contributed by atoms with Gasteiger partial charge in [-0.05, 0) is 17.7 Å². The number of carboxylic acid groups (broad SMARTS) is 1. The second-order valence-corrected chi connectivity index (χ2v) is 4.14. The number of nitrogens with zero attached hydrogens (tertiary/aromatic N) is 2. The smallest absolute Gasteiger partial charge is 0.309 e. The van der Waals surface area contributed by atoms with Gasteiger partial charge < -0.3 is 5.11 Å². The van der Waals surface area contributed by atoms with E-state index in [0.717, 1.165) is 11.1 Å². The van der Waals surface area contributed by atoms with E-state index in [1.165, 1.54) is 0 Å². The maximum Gasteiger partial charge on any atom is 0.309 e. The highest BCUT2D eigenvalue weighted by atomic mass is 35.5. The molecule has 1 aromatic carbocycles. The molecule has 2 rings (SSSR count). The van der Waals surface area contributed by atoms with E-state index in [-0.39, 0.29) is 6.42 Å². The Bertz CT molecular complexity index is 546. The van der Waals surface area contributed by atoms with E-state index in [9.17, 15) is 4.79 Å². The van der Waals surface area contributed by atoms with Crippen molar-refractivity contribution in [2.24, 2.45) is 7.05 Å². The number of carboxylic acids is 1. The Morgan fingerprint density at radius 2 is 2.06 bits per heavy atom. The molecule has 0 bridgehead atoms. The Balaban J connectivity index is 2.45. The summed E-state index contributed by atoms with van der Waals surface area (Å²) < 4.78 is 1.58. The first-order chi connectivity index (χ1) is 8.08. The summed E-state index contributed by atoms with van der Waals surface area (Å²) in [5.41, 5.74) is 2.42. The summed E-state index contributed by atoms with van der Waals surface area (Å²) in [6.07, 6.45) is 1.62. The zero-order chi connectivity index (χ0) is 12.4. The summed E-state index contributed by atoms with van der Waals surface area (Å²) in [7, 11) is 1.73. The highest BCUT2D eigenvalue weighted by Gasteiger charge is 2.13. The van der Waals surface area contributed by atoms with Crippen LogP contribution in [0.4, 0.5) is 0 Å². The van der Waals surface area contributed by atoms with Crippen LogP contribution in [0.3, 0.4) is 0 Å². The van der Waals surface area contributed by atoms with Crippen molar-refractivity contribution in [3.05, 3.63) is 41.2 Å². The van der Waals surface area contributed by atoms with Crippen LogP contribution in [0.25, 0.3) is 11.1 Å². The molecule has 88 valence electrons. The van der Waals surface area contributed by atoms with Crippen LogP contribution in [-0.4, -0.2) is 20.9 Å². The van der Waals surface area contributed by atoms with Gasteiger partial charge in [0, 0.05) is 17.6 Å². The van der Waals surface area contributed by atoms with Gasteiger partial charge in [-0.25, -0.2) is 0 Å². The summed E-state index contributed by atoms with van der Waals surface area (Å²) in [6.45, 7) is 0. The van der Waals surface area contributed by atoms with Crippen LogP contribution in [0.15, 0.2) is 30.5 Å². The Morgan fingerprint density at radius 1 is 1.41 bits per heavy atom. The highest BCUT2D eigenvalue weighted by Crippen LogP contribution is 2.25. The van der Waals surface area contributed by atoms with Crippen molar-refractivity contribution in [1.82, 2.24) is 9.78 Å². The maximum absolute atomic E-state index is 10.8. The molecule has 0 radical (unpaired) electrons. The molecule has 0 aliphatic rings. The second-order valence-electron chi connectivity index (χ2n) is 3.71. The molecule has 1 aromatic heterocycles. The van der Waals surface area contributed by atoms with Gasteiger partial charge in [0.05, 0.1) is 18.3 Å². The number of carbonyl (C=O) groups is 1. The standard InChI is InChI=1S/C12H11ClN2O2/c1-15-11(6-12(16)17)10(7-14-15)8-2-4-9(13)5-3-8/h2-5,7H,6H2,1H3,(H,16,17). The molecule has 0 saturated carbocycles. The number of aromatic nitrogens is 2. The Kier molecular flexibility index (Phi) is 3.15. The quantitative estimate of drug-likeness (QED) is 0.910. The highest BCUT2D eigenvalue weighted by molar-refractivity contribution is 6.30. The van der Waals surface area contributed by atoms with Gasteiger partial charge in [0.15, 0.2) is 0 Å². The first-order valence-electron chi connectivity index (χ1n) is 5.06. The van der Waals surface area contributed by atoms with Gasteiger partial charge in [0.25, 0.3) is 0 Å². The number of rotatable bonds is 3. The van der Waals surface area contributed by atoms with Gasteiger partial charge in [-0.1, -0.05) is 23.7 Å². The molecule has 0 unspecified atom stereocenters. The topological polar surface area (TPSA) is 55.1 Å². The normalized spacial score (nSPS) is 10.5. The fourth-order valence-electron chi connectivity index (χ4n) is 1.69. The number of aryl methyl sites for hydroxylation is 1. The molecule has 0 fully saturated rings. The average Bonchev–Trinajstić information content (AvgIpc) is 2.61. The van der Waals surface area contributed by atoms with Gasteiger partial charge in [-0.3, -0.25) is 9.48 Å². The van der Waals surface area contributed by atoms with Crippen LogP contribution in [-0.2, 0) is 18.3 Å². The molecule has 0 aliphatic carbocycles. The van der Waals surface area contributed by atoms with Crippen molar-refractivity contribution >= 4 is 17.6 Å². The lowest BCUT2D eigenvalue weighted by molar-refractivity contribution is -0.136. The van der Waals surface area contributed by atoms with Crippen molar-refractivity contribution in [2.45, 2.75) is 6.42 Å². The van der Waals surface area contributed by atoms with E-state index in [2.05, 4.69) is 5.10 Å². The number of aliphatic carboxylic acids is 1. The SMILES string of the molecule is Cn1ncc(-c2ccc(Cl)cc2)c1CC(=O)O. The molecule has 1 N–H and O–H groups in total. The van der Waals surface area contributed by atoms with Crippen LogP contribution in [0.1, 0.15) is 5.69 Å². The minimum absolute atomic E-state index is 0.0472. The number of benzene rings is 1. The average molecular weight is 251 g/mol. The van der Waals surface area contributed by atoms with Gasteiger partial charge in [0.2, 0.25) is 0 Å². The first kappa shape index (κ1) is 11.7. The molecule has 5 heteroatoms. The predicted molar refractivity (Wildman–Crippen MR) is 65.0 cm³/mol. The van der Waals surface area contributed by atoms with Crippen LogP contribution >= 0.6 is 11.6 Å². The number of halogens is 1. The zero-order valence-electron chi connectivity index (χ0n) is 9.22. The van der Waals surface area contributed by atoms with Crippen molar-refractivity contribution < 1.29 is 9.90 Å². The first-order valence-corrected chi connectivity index (χ1v) is 5.44. The Labute approximate surface area is 103 Å². The summed E-state index contributed by atoms with van der Waals surface area (Å²) >= 11 is 5.81. The van der Waals surface area contributed by atoms with Crippen LogP contribution in [0, 0.1) is 0 Å². The number of hydrogen-bond donors (Lipinski definition) is 1. The Morgan fingerprint density at radius 3 is 2.65 bits per heavy atom. The van der Waals surface area contributed by atoms with Crippen LogP contribution in [0.5, 0.6) is 0 Å². The molecule has 4 nitrogen and oxygen atoms in total. The Hall–Kier alpha value is -1.81. The molecule has 0 saturated heterocycles. The summed E-state index contributed by atoms with van der Waals surface area (Å²) in [6, 6.07) is 7.25. The second kappa shape index (κ2) is 4.59. The lowest BCUT2D eigenvalue weighted by Gasteiger charge is -2.04. The minimum atomic E-state index is -0.871. The lowest BCUT2D eigenvalue weighted by Crippen LogP contribution is -2.07. The van der Waals surface area contributed by atoms with Crippen LogP contribution in [0.2, 0.25) is 5.02 Å². The molecule has 0 spiro atoms. The summed E-state index contributed by atoms with van der Waals surface area (Å²) in [5.74, 6) is -0.871.